The summed E-state index contributed by atoms with van der Waals surface area (Å²) in [7, 11) is 0. The van der Waals surface area contributed by atoms with Gasteiger partial charge in [-0.1, -0.05) is 36.4 Å². The van der Waals surface area contributed by atoms with Crippen LogP contribution < -0.4 is 10.6 Å². The van der Waals surface area contributed by atoms with Crippen LogP contribution in [0, 0.1) is 0 Å². The number of hydrogen-bond donors (Lipinski definition) is 2. The Bertz CT molecular complexity index is 629. The summed E-state index contributed by atoms with van der Waals surface area (Å²) in [5.74, 6) is -0.334. The third-order valence-corrected chi connectivity index (χ3v) is 3.44. The summed E-state index contributed by atoms with van der Waals surface area (Å²) >= 11 is 0. The van der Waals surface area contributed by atoms with Crippen molar-refractivity contribution in [3.05, 3.63) is 66.0 Å². The molecule has 2 N–H and O–H groups in total. The highest BCUT2D eigenvalue weighted by Crippen LogP contribution is 2.02. The Balaban J connectivity index is 1.71. The fourth-order valence-electron chi connectivity index (χ4n) is 2.13. The highest BCUT2D eigenvalue weighted by atomic mass is 16.2. The second-order valence-corrected chi connectivity index (χ2v) is 5.35. The summed E-state index contributed by atoms with van der Waals surface area (Å²) < 4.78 is 0. The number of hydrogen-bond acceptors (Lipinski definition) is 3. The predicted molar refractivity (Wildman–Crippen MR) is 88.5 cm³/mol. The molecule has 0 fully saturated rings. The van der Waals surface area contributed by atoms with E-state index in [1.54, 1.807) is 19.3 Å². The average Bonchev–Trinajstić information content (AvgIpc) is 2.59. The number of aryl methyl sites for hydroxylation is 1. The van der Waals surface area contributed by atoms with Crippen LogP contribution in [-0.2, 0) is 22.6 Å². The first-order chi connectivity index (χ1) is 11.1. The first kappa shape index (κ1) is 16.7. The molecule has 1 aromatic carbocycles. The Morgan fingerprint density at radius 1 is 1.09 bits per heavy atom. The molecule has 0 aliphatic heterocycles. The van der Waals surface area contributed by atoms with Crippen molar-refractivity contribution in [1.82, 2.24) is 15.6 Å². The number of carbonyl (C=O) groups is 2. The summed E-state index contributed by atoms with van der Waals surface area (Å²) in [5.41, 5.74) is 2.03. The summed E-state index contributed by atoms with van der Waals surface area (Å²) in [4.78, 5) is 27.9. The minimum absolute atomic E-state index is 0.127. The number of rotatable bonds is 7. The normalized spacial score (nSPS) is 11.5. The summed E-state index contributed by atoms with van der Waals surface area (Å²) in [5, 5.41) is 5.50. The van der Waals surface area contributed by atoms with Crippen LogP contribution in [0.25, 0.3) is 0 Å². The van der Waals surface area contributed by atoms with E-state index in [-0.39, 0.29) is 11.8 Å². The second kappa shape index (κ2) is 8.68. The maximum Gasteiger partial charge on any atom is 0.242 e. The molecule has 0 bridgehead atoms. The van der Waals surface area contributed by atoms with Gasteiger partial charge < -0.3 is 10.6 Å². The maximum atomic E-state index is 12.0. The van der Waals surface area contributed by atoms with Crippen LogP contribution in [0.3, 0.4) is 0 Å². The molecule has 0 aliphatic rings. The van der Waals surface area contributed by atoms with Gasteiger partial charge in [-0.15, -0.1) is 0 Å². The molecule has 0 spiro atoms. The largest absolute Gasteiger partial charge is 0.350 e. The topological polar surface area (TPSA) is 71.1 Å². The fourth-order valence-corrected chi connectivity index (χ4v) is 2.13. The predicted octanol–water partition coefficient (Wildman–Crippen LogP) is 1.84. The van der Waals surface area contributed by atoms with E-state index in [1.807, 2.05) is 42.5 Å². The van der Waals surface area contributed by atoms with E-state index in [0.717, 1.165) is 11.1 Å². The van der Waals surface area contributed by atoms with Gasteiger partial charge in [0.05, 0.1) is 0 Å². The van der Waals surface area contributed by atoms with Crippen molar-refractivity contribution in [3.63, 3.8) is 0 Å². The Morgan fingerprint density at radius 3 is 2.52 bits per heavy atom. The van der Waals surface area contributed by atoms with Crippen molar-refractivity contribution in [3.8, 4) is 0 Å². The lowest BCUT2D eigenvalue weighted by atomic mass is 10.1. The molecule has 23 heavy (non-hydrogen) atoms. The lowest BCUT2D eigenvalue weighted by molar-refractivity contribution is -0.128. The molecule has 0 saturated heterocycles. The van der Waals surface area contributed by atoms with Crippen molar-refractivity contribution in [2.45, 2.75) is 32.4 Å². The molecule has 1 atom stereocenters. The van der Waals surface area contributed by atoms with E-state index < -0.39 is 6.04 Å². The third-order valence-electron chi connectivity index (χ3n) is 3.44. The van der Waals surface area contributed by atoms with Gasteiger partial charge in [-0.3, -0.25) is 14.6 Å². The molecule has 2 amide bonds. The van der Waals surface area contributed by atoms with Gasteiger partial charge in [0.1, 0.15) is 6.04 Å². The highest BCUT2D eigenvalue weighted by molar-refractivity contribution is 5.87. The first-order valence-corrected chi connectivity index (χ1v) is 7.65. The molecule has 0 saturated carbocycles. The first-order valence-electron chi connectivity index (χ1n) is 7.65. The number of nitrogens with zero attached hydrogens (tertiary/aromatic N) is 1. The number of nitrogens with one attached hydrogen (secondary N) is 2. The Morgan fingerprint density at radius 2 is 1.83 bits per heavy atom. The molecule has 120 valence electrons. The molecular formula is C18H21N3O2. The average molecular weight is 311 g/mol. The van der Waals surface area contributed by atoms with Crippen molar-refractivity contribution in [1.29, 1.82) is 0 Å². The molecule has 0 radical (unpaired) electrons. The number of aromatic nitrogens is 1. The molecule has 2 rings (SSSR count). The zero-order valence-electron chi connectivity index (χ0n) is 13.2. The Hall–Kier alpha value is -2.69. The number of amides is 2. The maximum absolute atomic E-state index is 12.0. The van der Waals surface area contributed by atoms with Crippen LogP contribution in [0.1, 0.15) is 24.5 Å². The van der Waals surface area contributed by atoms with Crippen LogP contribution in [-0.4, -0.2) is 22.8 Å². The Labute approximate surface area is 136 Å². The number of benzene rings is 1. The molecular weight excluding hydrogens is 290 g/mol. The summed E-state index contributed by atoms with van der Waals surface area (Å²) in [6.45, 7) is 2.08. The van der Waals surface area contributed by atoms with E-state index >= 15 is 0 Å². The monoisotopic (exact) mass is 311 g/mol. The van der Waals surface area contributed by atoms with Crippen molar-refractivity contribution in [2.24, 2.45) is 0 Å². The van der Waals surface area contributed by atoms with E-state index in [0.29, 0.717) is 19.4 Å². The van der Waals surface area contributed by atoms with Gasteiger partial charge in [-0.05, 0) is 30.5 Å². The molecule has 0 unspecified atom stereocenters. The summed E-state index contributed by atoms with van der Waals surface area (Å²) in [6.07, 6.45) is 4.41. The van der Waals surface area contributed by atoms with Crippen LogP contribution >= 0.6 is 0 Å². The van der Waals surface area contributed by atoms with Gasteiger partial charge in [-0.25, -0.2) is 0 Å². The zero-order chi connectivity index (χ0) is 16.5. The zero-order valence-corrected chi connectivity index (χ0v) is 13.2. The molecule has 5 heteroatoms. The standard InChI is InChI=1S/C18H21N3O2/c1-14(18(23)20-13-16-8-5-11-19-12-16)21-17(22)10-9-15-6-3-2-4-7-15/h2-8,11-12,14H,9-10,13H2,1H3,(H,20,23)(H,21,22)/t14-/m0/s1. The molecule has 5 nitrogen and oxygen atoms in total. The molecule has 1 aromatic heterocycles. The van der Waals surface area contributed by atoms with Crippen molar-refractivity contribution < 1.29 is 9.59 Å². The summed E-state index contributed by atoms with van der Waals surface area (Å²) in [6, 6.07) is 12.9. The third kappa shape index (κ3) is 5.90. The van der Waals surface area contributed by atoms with Gasteiger partial charge in [0, 0.05) is 25.4 Å². The van der Waals surface area contributed by atoms with Gasteiger partial charge in [0.25, 0.3) is 0 Å². The smallest absolute Gasteiger partial charge is 0.242 e. The Kier molecular flexibility index (Phi) is 6.29. The number of carbonyl (C=O) groups excluding carboxylic acids is 2. The fraction of sp³-hybridized carbons (Fsp3) is 0.278. The van der Waals surface area contributed by atoms with Gasteiger partial charge in [0.15, 0.2) is 0 Å². The molecule has 2 aromatic rings. The van der Waals surface area contributed by atoms with Crippen LogP contribution in [0.15, 0.2) is 54.9 Å². The number of pyridine rings is 1. The van der Waals surface area contributed by atoms with Crippen LogP contribution in [0.2, 0.25) is 0 Å². The lowest BCUT2D eigenvalue weighted by Gasteiger charge is -2.14. The van der Waals surface area contributed by atoms with Gasteiger partial charge >= 0.3 is 0 Å². The second-order valence-electron chi connectivity index (χ2n) is 5.35. The minimum atomic E-state index is -0.560. The SMILES string of the molecule is C[C@H](NC(=O)CCc1ccccc1)C(=O)NCc1cccnc1. The van der Waals surface area contributed by atoms with E-state index in [2.05, 4.69) is 15.6 Å². The van der Waals surface area contributed by atoms with Crippen LogP contribution in [0.4, 0.5) is 0 Å². The van der Waals surface area contributed by atoms with E-state index in [1.165, 1.54) is 0 Å². The van der Waals surface area contributed by atoms with E-state index in [4.69, 9.17) is 0 Å². The van der Waals surface area contributed by atoms with Crippen LogP contribution in [0.5, 0.6) is 0 Å². The molecule has 0 aliphatic carbocycles. The quantitative estimate of drug-likeness (QED) is 0.819. The van der Waals surface area contributed by atoms with Gasteiger partial charge in [0.2, 0.25) is 11.8 Å². The lowest BCUT2D eigenvalue weighted by Crippen LogP contribution is -2.44. The van der Waals surface area contributed by atoms with E-state index in [9.17, 15) is 9.59 Å². The molecule has 1 heterocycles. The van der Waals surface area contributed by atoms with Gasteiger partial charge in [-0.2, -0.15) is 0 Å². The highest BCUT2D eigenvalue weighted by Gasteiger charge is 2.15. The minimum Gasteiger partial charge on any atom is -0.350 e. The van der Waals surface area contributed by atoms with Crippen molar-refractivity contribution in [2.75, 3.05) is 0 Å². The van der Waals surface area contributed by atoms with Crippen molar-refractivity contribution >= 4 is 11.8 Å².